The molecule has 74 valence electrons. The third-order valence-electron chi connectivity index (χ3n) is 1.44. The first-order valence-corrected chi connectivity index (χ1v) is 5.38. The fourth-order valence-electron chi connectivity index (χ4n) is 0.779. The molecule has 1 heterocycles. The van der Waals surface area contributed by atoms with Crippen molar-refractivity contribution in [1.29, 1.82) is 0 Å². The van der Waals surface area contributed by atoms with E-state index in [1.807, 2.05) is 0 Å². The lowest BCUT2D eigenvalue weighted by Gasteiger charge is -2.02. The lowest BCUT2D eigenvalue weighted by molar-refractivity contribution is 0.319. The van der Waals surface area contributed by atoms with Crippen LogP contribution < -0.4 is 4.72 Å². The van der Waals surface area contributed by atoms with Crippen LogP contribution in [0.2, 0.25) is 0 Å². The van der Waals surface area contributed by atoms with Crippen LogP contribution in [-0.2, 0) is 16.6 Å². The van der Waals surface area contributed by atoms with E-state index in [4.69, 9.17) is 9.52 Å². The zero-order valence-corrected chi connectivity index (χ0v) is 7.75. The zero-order chi connectivity index (χ0) is 9.73. The molecule has 0 aliphatic rings. The van der Waals surface area contributed by atoms with Gasteiger partial charge < -0.3 is 9.52 Å². The van der Waals surface area contributed by atoms with Gasteiger partial charge in [-0.25, -0.2) is 13.1 Å². The second-order valence-corrected chi connectivity index (χ2v) is 4.42. The number of sulfonamides is 1. The normalized spacial score (nSPS) is 11.8. The monoisotopic (exact) mass is 205 g/mol. The van der Waals surface area contributed by atoms with Crippen LogP contribution in [0.1, 0.15) is 5.56 Å². The van der Waals surface area contributed by atoms with Gasteiger partial charge in [-0.1, -0.05) is 0 Å². The predicted octanol–water partition coefficient (Wildman–Crippen LogP) is -0.309. The van der Waals surface area contributed by atoms with Crippen molar-refractivity contribution in [2.24, 2.45) is 0 Å². The smallest absolute Gasteiger partial charge is 0.214 e. The van der Waals surface area contributed by atoms with E-state index >= 15 is 0 Å². The molecule has 0 saturated carbocycles. The Morgan fingerprint density at radius 1 is 1.54 bits per heavy atom. The fraction of sp³-hybridized carbons (Fsp3) is 0.429. The molecule has 1 aromatic rings. The second-order valence-electron chi connectivity index (χ2n) is 2.50. The summed E-state index contributed by atoms with van der Waals surface area (Å²) in [6, 6.07) is 1.67. The molecule has 2 N–H and O–H groups in total. The number of aliphatic hydroxyl groups excluding tert-OH is 1. The van der Waals surface area contributed by atoms with Gasteiger partial charge in [0.25, 0.3) is 0 Å². The Kier molecular flexibility index (Phi) is 3.47. The molecule has 0 radical (unpaired) electrons. The molecule has 0 unspecified atom stereocenters. The first-order chi connectivity index (χ1) is 6.14. The molecule has 1 rings (SSSR count). The minimum Gasteiger partial charge on any atom is -0.472 e. The van der Waals surface area contributed by atoms with Gasteiger partial charge in [0.1, 0.15) is 0 Å². The van der Waals surface area contributed by atoms with E-state index < -0.39 is 10.0 Å². The lowest BCUT2D eigenvalue weighted by atomic mass is 10.4. The van der Waals surface area contributed by atoms with E-state index in [2.05, 4.69) is 4.72 Å². The quantitative estimate of drug-likeness (QED) is 0.691. The third kappa shape index (κ3) is 3.58. The van der Waals surface area contributed by atoms with E-state index in [-0.39, 0.29) is 18.9 Å². The summed E-state index contributed by atoms with van der Waals surface area (Å²) in [5.41, 5.74) is 0.751. The SMILES string of the molecule is O=S(=O)(CCO)NCc1ccoc1. The number of furan rings is 1. The van der Waals surface area contributed by atoms with Crippen LogP contribution in [0.25, 0.3) is 0 Å². The Labute approximate surface area is 76.4 Å². The summed E-state index contributed by atoms with van der Waals surface area (Å²) in [4.78, 5) is 0. The summed E-state index contributed by atoms with van der Waals surface area (Å²) in [6.45, 7) is -0.181. The van der Waals surface area contributed by atoms with Crippen LogP contribution in [0.4, 0.5) is 0 Å². The largest absolute Gasteiger partial charge is 0.472 e. The molecule has 0 amide bonds. The van der Waals surface area contributed by atoms with E-state index in [1.165, 1.54) is 12.5 Å². The number of aliphatic hydroxyl groups is 1. The lowest BCUT2D eigenvalue weighted by Crippen LogP contribution is -2.27. The van der Waals surface area contributed by atoms with E-state index in [0.29, 0.717) is 0 Å². The summed E-state index contributed by atoms with van der Waals surface area (Å²) in [5.74, 6) is -0.273. The maximum Gasteiger partial charge on any atom is 0.214 e. The van der Waals surface area contributed by atoms with Gasteiger partial charge >= 0.3 is 0 Å². The van der Waals surface area contributed by atoms with Crippen molar-refractivity contribution < 1.29 is 17.9 Å². The Morgan fingerprint density at radius 2 is 2.31 bits per heavy atom. The summed E-state index contributed by atoms with van der Waals surface area (Å²) >= 11 is 0. The molecule has 0 atom stereocenters. The minimum absolute atomic E-state index is 0.193. The van der Waals surface area contributed by atoms with Crippen LogP contribution in [0.3, 0.4) is 0 Å². The summed E-state index contributed by atoms with van der Waals surface area (Å²) in [7, 11) is -3.35. The highest BCUT2D eigenvalue weighted by Crippen LogP contribution is 1.99. The zero-order valence-electron chi connectivity index (χ0n) is 6.93. The van der Waals surface area contributed by atoms with Crippen molar-refractivity contribution in [3.63, 3.8) is 0 Å². The van der Waals surface area contributed by atoms with Crippen molar-refractivity contribution in [3.05, 3.63) is 24.2 Å². The fourth-order valence-corrected chi connectivity index (χ4v) is 1.55. The maximum atomic E-state index is 11.0. The Bertz CT molecular complexity index is 329. The highest BCUT2D eigenvalue weighted by molar-refractivity contribution is 7.89. The first kappa shape index (κ1) is 10.2. The van der Waals surface area contributed by atoms with E-state index in [9.17, 15) is 8.42 Å². The second kappa shape index (κ2) is 4.40. The molecule has 0 fully saturated rings. The minimum atomic E-state index is -3.35. The average Bonchev–Trinajstić information content (AvgIpc) is 2.52. The molecule has 0 aromatic carbocycles. The molecule has 13 heavy (non-hydrogen) atoms. The first-order valence-electron chi connectivity index (χ1n) is 3.73. The van der Waals surface area contributed by atoms with Crippen molar-refractivity contribution >= 4 is 10.0 Å². The molecule has 0 spiro atoms. The van der Waals surface area contributed by atoms with Gasteiger partial charge in [-0.2, -0.15) is 0 Å². The van der Waals surface area contributed by atoms with Crippen molar-refractivity contribution in [1.82, 2.24) is 4.72 Å². The molecule has 6 heteroatoms. The van der Waals surface area contributed by atoms with Crippen LogP contribution in [0, 0.1) is 0 Å². The summed E-state index contributed by atoms with van der Waals surface area (Å²) < 4.78 is 29.1. The Morgan fingerprint density at radius 3 is 2.85 bits per heavy atom. The number of hydrogen-bond donors (Lipinski definition) is 2. The van der Waals surface area contributed by atoms with Gasteiger partial charge in [-0.05, 0) is 6.07 Å². The molecular formula is C7H11NO4S. The maximum absolute atomic E-state index is 11.0. The molecule has 0 saturated heterocycles. The van der Waals surface area contributed by atoms with Crippen molar-refractivity contribution in [3.8, 4) is 0 Å². The van der Waals surface area contributed by atoms with Crippen LogP contribution in [0.5, 0.6) is 0 Å². The van der Waals surface area contributed by atoms with Gasteiger partial charge in [0.2, 0.25) is 10.0 Å². The van der Waals surface area contributed by atoms with Gasteiger partial charge in [0.05, 0.1) is 24.9 Å². The van der Waals surface area contributed by atoms with Crippen LogP contribution in [0.15, 0.2) is 23.0 Å². The van der Waals surface area contributed by atoms with Crippen molar-refractivity contribution in [2.75, 3.05) is 12.4 Å². The van der Waals surface area contributed by atoms with Gasteiger partial charge in [-0.15, -0.1) is 0 Å². The topological polar surface area (TPSA) is 79.5 Å². The summed E-state index contributed by atoms with van der Waals surface area (Å²) in [6.07, 6.45) is 2.93. The third-order valence-corrected chi connectivity index (χ3v) is 2.74. The summed E-state index contributed by atoms with van der Waals surface area (Å²) in [5, 5.41) is 8.42. The molecule has 1 aromatic heterocycles. The van der Waals surface area contributed by atoms with Gasteiger partial charge in [0, 0.05) is 12.1 Å². The number of hydrogen-bond acceptors (Lipinski definition) is 4. The van der Waals surface area contributed by atoms with E-state index in [1.54, 1.807) is 6.07 Å². The predicted molar refractivity (Wildman–Crippen MR) is 46.4 cm³/mol. The average molecular weight is 205 g/mol. The molecule has 0 aliphatic heterocycles. The molecule has 0 bridgehead atoms. The standard InChI is InChI=1S/C7H11NO4S/c9-2-4-13(10,11)8-5-7-1-3-12-6-7/h1,3,6,8-9H,2,4-5H2. The number of rotatable bonds is 5. The molecule has 0 aliphatic carbocycles. The highest BCUT2D eigenvalue weighted by atomic mass is 32.2. The van der Waals surface area contributed by atoms with Crippen LogP contribution >= 0.6 is 0 Å². The van der Waals surface area contributed by atoms with Crippen molar-refractivity contribution in [2.45, 2.75) is 6.54 Å². The molecule has 5 nitrogen and oxygen atoms in total. The molecular weight excluding hydrogens is 194 g/mol. The number of nitrogens with one attached hydrogen (secondary N) is 1. The van der Waals surface area contributed by atoms with Crippen LogP contribution in [-0.4, -0.2) is 25.9 Å². The van der Waals surface area contributed by atoms with E-state index in [0.717, 1.165) is 5.56 Å². The van der Waals surface area contributed by atoms with Gasteiger partial charge in [-0.3, -0.25) is 0 Å². The Hall–Kier alpha value is -0.850. The van der Waals surface area contributed by atoms with Gasteiger partial charge in [0.15, 0.2) is 0 Å². The highest BCUT2D eigenvalue weighted by Gasteiger charge is 2.08. The Balaban J connectivity index is 2.43.